The third-order valence-corrected chi connectivity index (χ3v) is 3.06. The van der Waals surface area contributed by atoms with E-state index in [4.69, 9.17) is 5.11 Å². The van der Waals surface area contributed by atoms with Gasteiger partial charge in [-0.15, -0.1) is 0 Å². The van der Waals surface area contributed by atoms with Gasteiger partial charge in [-0.05, 0) is 23.8 Å². The van der Waals surface area contributed by atoms with Gasteiger partial charge in [-0.2, -0.15) is 5.10 Å². The average Bonchev–Trinajstić information content (AvgIpc) is 2.61. The Hall–Kier alpha value is -3.61. The minimum absolute atomic E-state index is 0.0787. The minimum atomic E-state index is -0.518. The Morgan fingerprint density at radius 2 is 1.84 bits per heavy atom. The van der Waals surface area contributed by atoms with Crippen LogP contribution in [0.25, 0.3) is 6.08 Å². The van der Waals surface area contributed by atoms with E-state index in [2.05, 4.69) is 15.8 Å². The van der Waals surface area contributed by atoms with Crippen molar-refractivity contribution in [3.8, 4) is 11.5 Å². The fourth-order valence-electron chi connectivity index (χ4n) is 1.82. The summed E-state index contributed by atoms with van der Waals surface area (Å²) in [5.41, 5.74) is 3.42. The van der Waals surface area contributed by atoms with Crippen LogP contribution in [-0.4, -0.2) is 34.8 Å². The van der Waals surface area contributed by atoms with Gasteiger partial charge in [0.25, 0.3) is 5.91 Å². The highest BCUT2D eigenvalue weighted by Crippen LogP contribution is 2.20. The van der Waals surface area contributed by atoms with Crippen molar-refractivity contribution in [3.05, 3.63) is 65.7 Å². The fourth-order valence-corrected chi connectivity index (χ4v) is 1.82. The van der Waals surface area contributed by atoms with Gasteiger partial charge in [0.2, 0.25) is 5.91 Å². The van der Waals surface area contributed by atoms with Crippen LogP contribution < -0.4 is 10.7 Å². The molecule has 0 heterocycles. The van der Waals surface area contributed by atoms with Crippen molar-refractivity contribution in [3.63, 3.8) is 0 Å². The molecule has 25 heavy (non-hydrogen) atoms. The largest absolute Gasteiger partial charge is 0.508 e. The van der Waals surface area contributed by atoms with Crippen LogP contribution in [0.2, 0.25) is 0 Å². The Balaban J connectivity index is 1.75. The third-order valence-electron chi connectivity index (χ3n) is 3.06. The number of nitrogens with one attached hydrogen (secondary N) is 2. The first-order chi connectivity index (χ1) is 12.0. The maximum absolute atomic E-state index is 11.6. The third kappa shape index (κ3) is 6.19. The number of amides is 2. The van der Waals surface area contributed by atoms with E-state index in [0.29, 0.717) is 5.56 Å². The number of phenolic OH excluding ortho intramolecular Hbond substituents is 2. The lowest BCUT2D eigenvalue weighted by molar-refractivity contribution is -0.123. The molecule has 2 aromatic carbocycles. The highest BCUT2D eigenvalue weighted by atomic mass is 16.3. The SMILES string of the molecule is O=C(/C=C\c1ccccc1)NCC(=O)N/N=C/c1ccc(O)cc1O. The molecule has 0 atom stereocenters. The molecule has 0 fully saturated rings. The summed E-state index contributed by atoms with van der Waals surface area (Å²) in [6, 6.07) is 13.3. The Kier molecular flexibility index (Phi) is 6.30. The summed E-state index contributed by atoms with van der Waals surface area (Å²) in [6.45, 7) is -0.239. The number of nitrogens with zero attached hydrogens (tertiary/aromatic N) is 1. The van der Waals surface area contributed by atoms with Crippen molar-refractivity contribution in [2.24, 2.45) is 5.10 Å². The van der Waals surface area contributed by atoms with Gasteiger partial charge < -0.3 is 15.5 Å². The standard InChI is InChI=1S/C18H17N3O4/c22-15-8-7-14(16(23)10-15)11-20-21-18(25)12-19-17(24)9-6-13-4-2-1-3-5-13/h1-11,22-23H,12H2,(H,19,24)(H,21,25)/b9-6-,20-11+. The van der Waals surface area contributed by atoms with Gasteiger partial charge in [-0.1, -0.05) is 30.3 Å². The molecule has 0 aliphatic carbocycles. The van der Waals surface area contributed by atoms with Crippen LogP contribution in [0.15, 0.2) is 59.7 Å². The molecule has 2 aromatic rings. The fraction of sp³-hybridized carbons (Fsp3) is 0.0556. The van der Waals surface area contributed by atoms with Crippen LogP contribution in [0.3, 0.4) is 0 Å². The van der Waals surface area contributed by atoms with Crippen LogP contribution >= 0.6 is 0 Å². The number of phenols is 2. The maximum atomic E-state index is 11.6. The molecule has 0 bridgehead atoms. The molecular weight excluding hydrogens is 322 g/mol. The molecule has 0 unspecified atom stereocenters. The van der Waals surface area contributed by atoms with Crippen molar-refractivity contribution in [1.82, 2.24) is 10.7 Å². The molecule has 0 radical (unpaired) electrons. The second-order valence-corrected chi connectivity index (χ2v) is 5.00. The lowest BCUT2D eigenvalue weighted by Gasteiger charge is -2.02. The summed E-state index contributed by atoms with van der Waals surface area (Å²) in [5, 5.41) is 24.8. The number of carbonyl (C=O) groups excluding carboxylic acids is 2. The van der Waals surface area contributed by atoms with E-state index in [1.807, 2.05) is 30.3 Å². The zero-order chi connectivity index (χ0) is 18.1. The second kappa shape index (κ2) is 8.88. The lowest BCUT2D eigenvalue weighted by Crippen LogP contribution is -2.34. The van der Waals surface area contributed by atoms with Crippen molar-refractivity contribution >= 4 is 24.1 Å². The molecule has 2 amide bonds. The number of aromatic hydroxyl groups is 2. The maximum Gasteiger partial charge on any atom is 0.259 e. The van der Waals surface area contributed by atoms with Gasteiger partial charge in [-0.3, -0.25) is 9.59 Å². The Labute approximate surface area is 144 Å². The number of carbonyl (C=O) groups is 2. The molecule has 4 N–H and O–H groups in total. The summed E-state index contributed by atoms with van der Waals surface area (Å²) < 4.78 is 0. The van der Waals surface area contributed by atoms with Crippen LogP contribution in [0.1, 0.15) is 11.1 Å². The first-order valence-electron chi connectivity index (χ1n) is 7.39. The first-order valence-corrected chi connectivity index (χ1v) is 7.39. The predicted octanol–water partition coefficient (Wildman–Crippen LogP) is 1.38. The van der Waals surface area contributed by atoms with Crippen LogP contribution in [-0.2, 0) is 9.59 Å². The smallest absolute Gasteiger partial charge is 0.259 e. The molecule has 0 saturated carbocycles. The number of hydrogen-bond acceptors (Lipinski definition) is 5. The molecule has 128 valence electrons. The van der Waals surface area contributed by atoms with Gasteiger partial charge in [-0.25, -0.2) is 5.43 Å². The average molecular weight is 339 g/mol. The first kappa shape index (κ1) is 17.7. The number of hydrogen-bond donors (Lipinski definition) is 4. The van der Waals surface area contributed by atoms with Crippen molar-refractivity contribution in [2.45, 2.75) is 0 Å². The Morgan fingerprint density at radius 3 is 2.56 bits per heavy atom. The van der Waals surface area contributed by atoms with Crippen LogP contribution in [0.4, 0.5) is 0 Å². The van der Waals surface area contributed by atoms with Gasteiger partial charge in [0, 0.05) is 17.7 Å². The monoisotopic (exact) mass is 339 g/mol. The topological polar surface area (TPSA) is 111 Å². The van der Waals surface area contributed by atoms with E-state index in [1.165, 1.54) is 24.4 Å². The summed E-state index contributed by atoms with van der Waals surface area (Å²) in [5.74, 6) is -1.17. The normalized spacial score (nSPS) is 10.9. The van der Waals surface area contributed by atoms with E-state index in [1.54, 1.807) is 6.08 Å². The molecule has 0 saturated heterocycles. The molecule has 7 nitrogen and oxygen atoms in total. The van der Waals surface area contributed by atoms with Gasteiger partial charge in [0.05, 0.1) is 12.8 Å². The zero-order valence-electron chi connectivity index (χ0n) is 13.2. The van der Waals surface area contributed by atoms with Crippen molar-refractivity contribution in [2.75, 3.05) is 6.54 Å². The van der Waals surface area contributed by atoms with E-state index >= 15 is 0 Å². The number of rotatable bonds is 6. The quantitative estimate of drug-likeness (QED) is 0.362. The molecule has 0 aromatic heterocycles. The lowest BCUT2D eigenvalue weighted by atomic mass is 10.2. The van der Waals surface area contributed by atoms with E-state index in [9.17, 15) is 14.7 Å². The number of hydrazone groups is 1. The van der Waals surface area contributed by atoms with Crippen LogP contribution in [0, 0.1) is 0 Å². The second-order valence-electron chi connectivity index (χ2n) is 5.00. The van der Waals surface area contributed by atoms with E-state index in [0.717, 1.165) is 11.6 Å². The Morgan fingerprint density at radius 1 is 1.08 bits per heavy atom. The highest BCUT2D eigenvalue weighted by molar-refractivity contribution is 5.94. The summed E-state index contributed by atoms with van der Waals surface area (Å²) in [4.78, 5) is 23.2. The molecular formula is C18H17N3O4. The molecule has 7 heteroatoms. The minimum Gasteiger partial charge on any atom is -0.508 e. The van der Waals surface area contributed by atoms with Crippen LogP contribution in [0.5, 0.6) is 11.5 Å². The molecule has 0 spiro atoms. The summed E-state index contributed by atoms with van der Waals surface area (Å²) in [6.07, 6.45) is 4.20. The van der Waals surface area contributed by atoms with E-state index in [-0.39, 0.29) is 18.0 Å². The van der Waals surface area contributed by atoms with Gasteiger partial charge in [0.15, 0.2) is 0 Å². The predicted molar refractivity (Wildman–Crippen MR) is 94.0 cm³/mol. The van der Waals surface area contributed by atoms with Crippen molar-refractivity contribution < 1.29 is 19.8 Å². The van der Waals surface area contributed by atoms with Crippen molar-refractivity contribution in [1.29, 1.82) is 0 Å². The Bertz CT molecular complexity index is 801. The zero-order valence-corrected chi connectivity index (χ0v) is 13.2. The molecule has 0 aliphatic heterocycles. The number of benzene rings is 2. The highest BCUT2D eigenvalue weighted by Gasteiger charge is 2.02. The molecule has 0 aliphatic rings. The summed E-state index contributed by atoms with van der Waals surface area (Å²) in [7, 11) is 0. The summed E-state index contributed by atoms with van der Waals surface area (Å²) >= 11 is 0. The van der Waals surface area contributed by atoms with E-state index < -0.39 is 11.8 Å². The molecule has 2 rings (SSSR count). The van der Waals surface area contributed by atoms with Gasteiger partial charge in [0.1, 0.15) is 11.5 Å². The van der Waals surface area contributed by atoms with Gasteiger partial charge >= 0.3 is 0 Å².